The van der Waals surface area contributed by atoms with E-state index in [1.807, 2.05) is 0 Å². The van der Waals surface area contributed by atoms with Crippen LogP contribution in [0.3, 0.4) is 0 Å². The Labute approximate surface area is 87.9 Å². The van der Waals surface area contributed by atoms with Crippen LogP contribution >= 0.6 is 0 Å². The molecule has 1 aliphatic carbocycles. The van der Waals surface area contributed by atoms with Gasteiger partial charge in [0.1, 0.15) is 11.7 Å². The van der Waals surface area contributed by atoms with Gasteiger partial charge in [-0.25, -0.2) is 0 Å². The Balaban J connectivity index is 3.26. The SMILES string of the molecule is CC(C)=C1C(O)=C(CO)C=CC1C(=O)O. The first-order valence-corrected chi connectivity index (χ1v) is 4.60. The van der Waals surface area contributed by atoms with E-state index in [9.17, 15) is 9.90 Å². The Bertz CT molecular complexity index is 370. The number of rotatable bonds is 2. The predicted octanol–water partition coefficient (Wildman–Crippen LogP) is 1.40. The fraction of sp³-hybridized carbons (Fsp3) is 0.364. The maximum Gasteiger partial charge on any atom is 0.315 e. The molecule has 0 aliphatic heterocycles. The summed E-state index contributed by atoms with van der Waals surface area (Å²) in [5, 5.41) is 27.7. The number of aliphatic hydroxyl groups excluding tert-OH is 2. The highest BCUT2D eigenvalue weighted by molar-refractivity contribution is 5.79. The molecule has 0 radical (unpaired) electrons. The van der Waals surface area contributed by atoms with Gasteiger partial charge >= 0.3 is 5.97 Å². The van der Waals surface area contributed by atoms with Gasteiger partial charge in [0.2, 0.25) is 0 Å². The van der Waals surface area contributed by atoms with Gasteiger partial charge in [0.25, 0.3) is 0 Å². The maximum atomic E-state index is 10.9. The molecular weight excluding hydrogens is 196 g/mol. The Morgan fingerprint density at radius 3 is 2.47 bits per heavy atom. The van der Waals surface area contributed by atoms with Gasteiger partial charge in [0, 0.05) is 11.1 Å². The van der Waals surface area contributed by atoms with Gasteiger partial charge in [-0.2, -0.15) is 0 Å². The zero-order chi connectivity index (χ0) is 11.6. The second kappa shape index (κ2) is 4.31. The third-order valence-corrected chi connectivity index (χ3v) is 2.34. The Morgan fingerprint density at radius 1 is 1.47 bits per heavy atom. The van der Waals surface area contributed by atoms with Crippen molar-refractivity contribution < 1.29 is 20.1 Å². The summed E-state index contributed by atoms with van der Waals surface area (Å²) in [6, 6.07) is 0. The smallest absolute Gasteiger partial charge is 0.315 e. The first-order valence-electron chi connectivity index (χ1n) is 4.60. The molecule has 1 aliphatic rings. The van der Waals surface area contributed by atoms with Crippen molar-refractivity contribution in [2.75, 3.05) is 6.61 Å². The number of allylic oxidation sites excluding steroid dienone is 2. The highest BCUT2D eigenvalue weighted by Crippen LogP contribution is 2.30. The topological polar surface area (TPSA) is 77.8 Å². The van der Waals surface area contributed by atoms with Gasteiger partial charge in [-0.3, -0.25) is 4.79 Å². The normalized spacial score (nSPS) is 20.7. The molecule has 3 N–H and O–H groups in total. The van der Waals surface area contributed by atoms with Gasteiger partial charge in [-0.05, 0) is 13.8 Å². The monoisotopic (exact) mass is 210 g/mol. The van der Waals surface area contributed by atoms with Gasteiger partial charge in [-0.15, -0.1) is 0 Å². The largest absolute Gasteiger partial charge is 0.507 e. The maximum absolute atomic E-state index is 10.9. The Morgan fingerprint density at radius 2 is 2.07 bits per heavy atom. The lowest BCUT2D eigenvalue weighted by Gasteiger charge is -2.20. The van der Waals surface area contributed by atoms with Crippen LogP contribution in [0.15, 0.2) is 34.6 Å². The number of hydrogen-bond acceptors (Lipinski definition) is 3. The summed E-state index contributed by atoms with van der Waals surface area (Å²) in [4.78, 5) is 10.9. The minimum Gasteiger partial charge on any atom is -0.507 e. The lowest BCUT2D eigenvalue weighted by atomic mass is 9.87. The highest BCUT2D eigenvalue weighted by atomic mass is 16.4. The molecule has 0 fully saturated rings. The second-order valence-electron chi connectivity index (χ2n) is 3.62. The zero-order valence-corrected chi connectivity index (χ0v) is 8.69. The minimum atomic E-state index is -1.01. The van der Waals surface area contributed by atoms with Crippen molar-refractivity contribution in [2.24, 2.45) is 5.92 Å². The molecule has 0 spiro atoms. The van der Waals surface area contributed by atoms with Crippen LogP contribution < -0.4 is 0 Å². The molecule has 0 saturated carbocycles. The van der Waals surface area contributed by atoms with Crippen molar-refractivity contribution >= 4 is 5.97 Å². The summed E-state index contributed by atoms with van der Waals surface area (Å²) in [7, 11) is 0. The van der Waals surface area contributed by atoms with E-state index in [4.69, 9.17) is 10.2 Å². The van der Waals surface area contributed by atoms with Gasteiger partial charge in [-0.1, -0.05) is 17.7 Å². The van der Waals surface area contributed by atoms with E-state index in [-0.39, 0.29) is 12.4 Å². The number of carboxylic acids is 1. The van der Waals surface area contributed by atoms with Crippen LogP contribution in [0.1, 0.15) is 13.8 Å². The third-order valence-electron chi connectivity index (χ3n) is 2.34. The average Bonchev–Trinajstić information content (AvgIpc) is 2.16. The summed E-state index contributed by atoms with van der Waals surface area (Å²) in [6.07, 6.45) is 2.91. The van der Waals surface area contributed by atoms with Crippen molar-refractivity contribution in [3.8, 4) is 0 Å². The molecule has 0 saturated heterocycles. The van der Waals surface area contributed by atoms with E-state index in [0.717, 1.165) is 5.57 Å². The van der Waals surface area contributed by atoms with E-state index in [1.54, 1.807) is 13.8 Å². The van der Waals surface area contributed by atoms with E-state index in [2.05, 4.69) is 0 Å². The molecule has 0 heterocycles. The van der Waals surface area contributed by atoms with Crippen molar-refractivity contribution in [3.05, 3.63) is 34.6 Å². The lowest BCUT2D eigenvalue weighted by Crippen LogP contribution is -2.20. The molecule has 1 unspecified atom stereocenters. The number of aliphatic hydroxyl groups is 2. The molecule has 0 aromatic rings. The van der Waals surface area contributed by atoms with Crippen LogP contribution in [0.5, 0.6) is 0 Å². The number of hydrogen-bond donors (Lipinski definition) is 3. The minimum absolute atomic E-state index is 0.118. The lowest BCUT2D eigenvalue weighted by molar-refractivity contribution is -0.139. The van der Waals surface area contributed by atoms with Crippen LogP contribution in [0.2, 0.25) is 0 Å². The average molecular weight is 210 g/mol. The Kier molecular flexibility index (Phi) is 3.31. The molecular formula is C11H14O4. The van der Waals surface area contributed by atoms with Crippen molar-refractivity contribution in [1.82, 2.24) is 0 Å². The second-order valence-corrected chi connectivity index (χ2v) is 3.62. The summed E-state index contributed by atoms with van der Waals surface area (Å²) < 4.78 is 0. The molecule has 15 heavy (non-hydrogen) atoms. The van der Waals surface area contributed by atoms with Crippen LogP contribution in [0.25, 0.3) is 0 Å². The molecule has 1 rings (SSSR count). The standard InChI is InChI=1S/C11H14O4/c1-6(2)9-8(11(14)15)4-3-7(5-12)10(9)13/h3-4,8,12-13H,5H2,1-2H3,(H,14,15). The third kappa shape index (κ3) is 2.10. The van der Waals surface area contributed by atoms with Gasteiger partial charge < -0.3 is 15.3 Å². The van der Waals surface area contributed by atoms with E-state index < -0.39 is 11.9 Å². The molecule has 0 bridgehead atoms. The summed E-state index contributed by atoms with van der Waals surface area (Å²) >= 11 is 0. The van der Waals surface area contributed by atoms with Crippen LogP contribution in [0, 0.1) is 5.92 Å². The summed E-state index contributed by atoms with van der Waals surface area (Å²) in [6.45, 7) is 3.16. The first kappa shape index (κ1) is 11.5. The van der Waals surface area contributed by atoms with Gasteiger partial charge in [0.05, 0.1) is 6.61 Å². The highest BCUT2D eigenvalue weighted by Gasteiger charge is 2.27. The van der Waals surface area contributed by atoms with Crippen LogP contribution in [-0.4, -0.2) is 27.9 Å². The van der Waals surface area contributed by atoms with Crippen molar-refractivity contribution in [2.45, 2.75) is 13.8 Å². The molecule has 82 valence electrons. The number of carboxylic acid groups (broad SMARTS) is 1. The fourth-order valence-corrected chi connectivity index (χ4v) is 1.59. The van der Waals surface area contributed by atoms with E-state index in [0.29, 0.717) is 11.1 Å². The van der Waals surface area contributed by atoms with Gasteiger partial charge in [0.15, 0.2) is 0 Å². The summed E-state index contributed by atoms with van der Waals surface area (Å²) in [5.74, 6) is -1.95. The molecule has 4 nitrogen and oxygen atoms in total. The van der Waals surface area contributed by atoms with Crippen LogP contribution in [0.4, 0.5) is 0 Å². The zero-order valence-electron chi connectivity index (χ0n) is 8.69. The van der Waals surface area contributed by atoms with Crippen LogP contribution in [-0.2, 0) is 4.79 Å². The molecule has 1 atom stereocenters. The molecule has 0 aromatic heterocycles. The van der Waals surface area contributed by atoms with Crippen molar-refractivity contribution in [3.63, 3.8) is 0 Å². The van der Waals surface area contributed by atoms with E-state index in [1.165, 1.54) is 12.2 Å². The quantitative estimate of drug-likeness (QED) is 0.643. The number of aliphatic carboxylic acids is 1. The summed E-state index contributed by atoms with van der Waals surface area (Å²) in [5.41, 5.74) is 1.45. The Hall–Kier alpha value is -1.55. The number of carbonyl (C=O) groups is 1. The first-order chi connectivity index (χ1) is 6.99. The van der Waals surface area contributed by atoms with Crippen molar-refractivity contribution in [1.29, 1.82) is 0 Å². The fourth-order valence-electron chi connectivity index (χ4n) is 1.59. The predicted molar refractivity (Wildman–Crippen MR) is 55.4 cm³/mol. The molecule has 0 amide bonds. The molecule has 4 heteroatoms. The van der Waals surface area contributed by atoms with E-state index >= 15 is 0 Å². The molecule has 0 aromatic carbocycles.